The molecule has 0 saturated carbocycles. The molecule has 2 heterocycles. The van der Waals surface area contributed by atoms with Crippen LogP contribution in [0.2, 0.25) is 0 Å². The molecule has 16 heavy (non-hydrogen) atoms. The van der Waals surface area contributed by atoms with Crippen molar-refractivity contribution in [3.05, 3.63) is 22.4 Å². The fraction of sp³-hybridized carbons (Fsp3) is 0.667. The van der Waals surface area contributed by atoms with Gasteiger partial charge in [0.15, 0.2) is 0 Å². The van der Waals surface area contributed by atoms with Crippen LogP contribution in [0.15, 0.2) is 17.5 Å². The van der Waals surface area contributed by atoms with Gasteiger partial charge in [-0.25, -0.2) is 0 Å². The number of likely N-dealkylation sites (N-methyl/N-ethyl adjacent to an activating group) is 1. The van der Waals surface area contributed by atoms with Gasteiger partial charge in [0.25, 0.3) is 0 Å². The molecular formula is C12H20N2OS. The standard InChI is InChI=1S/C12H20N2OS/c1-13-12-9-15-8-10(12)6-14(2)7-11-4-3-5-16-11/h3-5,10,12-13H,6-9H2,1-2H3. The average Bonchev–Trinajstić information content (AvgIpc) is 2.88. The Morgan fingerprint density at radius 1 is 1.56 bits per heavy atom. The normalized spacial score (nSPS) is 25.4. The first-order valence-corrected chi connectivity index (χ1v) is 6.63. The van der Waals surface area contributed by atoms with Gasteiger partial charge in [0, 0.05) is 29.9 Å². The third-order valence-electron chi connectivity index (χ3n) is 3.12. The van der Waals surface area contributed by atoms with Crippen molar-refractivity contribution < 1.29 is 4.74 Å². The van der Waals surface area contributed by atoms with E-state index in [0.717, 1.165) is 26.3 Å². The summed E-state index contributed by atoms with van der Waals surface area (Å²) in [7, 11) is 4.20. The van der Waals surface area contributed by atoms with Crippen molar-refractivity contribution in [2.24, 2.45) is 5.92 Å². The number of thiophene rings is 1. The van der Waals surface area contributed by atoms with Crippen LogP contribution in [0.25, 0.3) is 0 Å². The van der Waals surface area contributed by atoms with Crippen LogP contribution < -0.4 is 5.32 Å². The maximum Gasteiger partial charge on any atom is 0.0623 e. The van der Waals surface area contributed by atoms with E-state index in [-0.39, 0.29) is 0 Å². The Bertz CT molecular complexity index is 302. The first-order valence-electron chi connectivity index (χ1n) is 5.75. The molecule has 2 rings (SSSR count). The summed E-state index contributed by atoms with van der Waals surface area (Å²) in [6.45, 7) is 3.89. The van der Waals surface area contributed by atoms with E-state index in [2.05, 4.69) is 34.8 Å². The van der Waals surface area contributed by atoms with Gasteiger partial charge in [-0.2, -0.15) is 0 Å². The first-order chi connectivity index (χ1) is 7.79. The molecule has 0 aliphatic carbocycles. The van der Waals surface area contributed by atoms with E-state index in [4.69, 9.17) is 4.74 Å². The van der Waals surface area contributed by atoms with Crippen molar-refractivity contribution in [2.45, 2.75) is 12.6 Å². The molecule has 0 spiro atoms. The lowest BCUT2D eigenvalue weighted by Gasteiger charge is -2.23. The maximum absolute atomic E-state index is 5.51. The van der Waals surface area contributed by atoms with E-state index >= 15 is 0 Å². The summed E-state index contributed by atoms with van der Waals surface area (Å²) in [5.74, 6) is 0.620. The number of hydrogen-bond donors (Lipinski definition) is 1. The van der Waals surface area contributed by atoms with E-state index in [0.29, 0.717) is 12.0 Å². The number of rotatable bonds is 5. The van der Waals surface area contributed by atoms with Crippen LogP contribution in [0.5, 0.6) is 0 Å². The monoisotopic (exact) mass is 240 g/mol. The van der Waals surface area contributed by atoms with Gasteiger partial charge in [0.05, 0.1) is 13.2 Å². The molecule has 3 nitrogen and oxygen atoms in total. The highest BCUT2D eigenvalue weighted by atomic mass is 32.1. The lowest BCUT2D eigenvalue weighted by molar-refractivity contribution is 0.172. The van der Waals surface area contributed by atoms with Gasteiger partial charge < -0.3 is 15.0 Å². The Balaban J connectivity index is 1.80. The van der Waals surface area contributed by atoms with Crippen LogP contribution in [-0.4, -0.2) is 44.8 Å². The summed E-state index contributed by atoms with van der Waals surface area (Å²) in [5.41, 5.74) is 0. The molecule has 90 valence electrons. The summed E-state index contributed by atoms with van der Waals surface area (Å²) >= 11 is 1.83. The second kappa shape index (κ2) is 5.77. The molecule has 0 radical (unpaired) electrons. The molecule has 4 heteroatoms. The predicted molar refractivity (Wildman–Crippen MR) is 67.8 cm³/mol. The van der Waals surface area contributed by atoms with Crippen molar-refractivity contribution >= 4 is 11.3 Å². The van der Waals surface area contributed by atoms with Gasteiger partial charge >= 0.3 is 0 Å². The summed E-state index contributed by atoms with van der Waals surface area (Å²) in [5, 5.41) is 5.47. The molecule has 1 aliphatic rings. The number of nitrogens with one attached hydrogen (secondary N) is 1. The van der Waals surface area contributed by atoms with Gasteiger partial charge in [-0.1, -0.05) is 6.07 Å². The number of ether oxygens (including phenoxy) is 1. The molecule has 0 bridgehead atoms. The molecule has 1 N–H and O–H groups in total. The molecule has 1 aromatic heterocycles. The first kappa shape index (κ1) is 12.0. The highest BCUT2D eigenvalue weighted by molar-refractivity contribution is 7.09. The third-order valence-corrected chi connectivity index (χ3v) is 3.98. The van der Waals surface area contributed by atoms with Gasteiger partial charge in [-0.15, -0.1) is 11.3 Å². The highest BCUT2D eigenvalue weighted by Gasteiger charge is 2.27. The minimum Gasteiger partial charge on any atom is -0.379 e. The zero-order valence-electron chi connectivity index (χ0n) is 9.98. The van der Waals surface area contributed by atoms with Crippen molar-refractivity contribution in [3.63, 3.8) is 0 Å². The highest BCUT2D eigenvalue weighted by Crippen LogP contribution is 2.17. The van der Waals surface area contributed by atoms with Crippen molar-refractivity contribution in [3.8, 4) is 0 Å². The Labute approximate surface area is 101 Å². The second-order valence-corrected chi connectivity index (χ2v) is 5.50. The zero-order chi connectivity index (χ0) is 11.4. The molecule has 1 saturated heterocycles. The molecule has 1 fully saturated rings. The van der Waals surface area contributed by atoms with E-state index in [9.17, 15) is 0 Å². The molecule has 1 aliphatic heterocycles. The minimum atomic E-state index is 0.519. The quantitative estimate of drug-likeness (QED) is 0.842. The Morgan fingerprint density at radius 2 is 2.44 bits per heavy atom. The second-order valence-electron chi connectivity index (χ2n) is 4.47. The van der Waals surface area contributed by atoms with Crippen LogP contribution in [0.3, 0.4) is 0 Å². The molecule has 1 aromatic rings. The summed E-state index contributed by atoms with van der Waals surface area (Å²) in [6.07, 6.45) is 0. The van der Waals surface area contributed by atoms with Crippen LogP contribution >= 0.6 is 11.3 Å². The van der Waals surface area contributed by atoms with Crippen LogP contribution in [0.4, 0.5) is 0 Å². The van der Waals surface area contributed by atoms with Gasteiger partial charge in [0.1, 0.15) is 0 Å². The van der Waals surface area contributed by atoms with E-state index < -0.39 is 0 Å². The van der Waals surface area contributed by atoms with Crippen LogP contribution in [0.1, 0.15) is 4.88 Å². The maximum atomic E-state index is 5.51. The zero-order valence-corrected chi connectivity index (χ0v) is 10.8. The van der Waals surface area contributed by atoms with Crippen LogP contribution in [-0.2, 0) is 11.3 Å². The minimum absolute atomic E-state index is 0.519. The molecule has 2 unspecified atom stereocenters. The largest absolute Gasteiger partial charge is 0.379 e. The van der Waals surface area contributed by atoms with E-state index in [1.165, 1.54) is 4.88 Å². The van der Waals surface area contributed by atoms with E-state index in [1.807, 2.05) is 18.4 Å². The molecule has 0 amide bonds. The lowest BCUT2D eigenvalue weighted by atomic mass is 10.0. The Kier molecular flexibility index (Phi) is 4.35. The van der Waals surface area contributed by atoms with Gasteiger partial charge in [-0.05, 0) is 25.5 Å². The number of nitrogens with zero attached hydrogens (tertiary/aromatic N) is 1. The fourth-order valence-electron chi connectivity index (χ4n) is 2.23. The lowest BCUT2D eigenvalue weighted by Crippen LogP contribution is -2.38. The Morgan fingerprint density at radius 3 is 3.12 bits per heavy atom. The summed E-state index contributed by atoms with van der Waals surface area (Å²) in [6, 6.07) is 4.83. The summed E-state index contributed by atoms with van der Waals surface area (Å²) < 4.78 is 5.51. The van der Waals surface area contributed by atoms with Crippen molar-refractivity contribution in [2.75, 3.05) is 33.9 Å². The molecule has 0 aromatic carbocycles. The molecule has 2 atom stereocenters. The third kappa shape index (κ3) is 3.04. The van der Waals surface area contributed by atoms with Crippen molar-refractivity contribution in [1.29, 1.82) is 0 Å². The van der Waals surface area contributed by atoms with Crippen molar-refractivity contribution in [1.82, 2.24) is 10.2 Å². The number of hydrogen-bond acceptors (Lipinski definition) is 4. The molecular weight excluding hydrogens is 220 g/mol. The smallest absolute Gasteiger partial charge is 0.0623 e. The van der Waals surface area contributed by atoms with Crippen LogP contribution in [0, 0.1) is 5.92 Å². The topological polar surface area (TPSA) is 24.5 Å². The fourth-order valence-corrected chi connectivity index (χ4v) is 3.02. The van der Waals surface area contributed by atoms with Gasteiger partial charge in [0.2, 0.25) is 0 Å². The predicted octanol–water partition coefficient (Wildman–Crippen LogP) is 1.41. The summed E-state index contributed by atoms with van der Waals surface area (Å²) in [4.78, 5) is 3.82. The van der Waals surface area contributed by atoms with Gasteiger partial charge in [-0.3, -0.25) is 0 Å². The SMILES string of the molecule is CNC1COCC1CN(C)Cc1cccs1. The Hall–Kier alpha value is -0.420. The van der Waals surface area contributed by atoms with E-state index in [1.54, 1.807) is 0 Å². The average molecular weight is 240 g/mol.